The standard InChI is InChI=1S/C31H30N2O5S/c1-20-9-11-23(12-10-20)32-30(35)19-39-29-8-6-5-7-26(29)31(36)38-18-28(34)27-17-21(2)33(22(27)3)24-13-15-25(37-4)16-14-24/h5-17H,18-19H2,1-4H3,(H,32,35). The minimum absolute atomic E-state index is 0.119. The number of methoxy groups -OCH3 is 1. The Balaban J connectivity index is 1.38. The highest BCUT2D eigenvalue weighted by molar-refractivity contribution is 8.00. The van der Waals surface area contributed by atoms with Crippen molar-refractivity contribution in [1.29, 1.82) is 0 Å². The number of rotatable bonds is 10. The van der Waals surface area contributed by atoms with Gasteiger partial charge in [0.1, 0.15) is 5.75 Å². The van der Waals surface area contributed by atoms with E-state index >= 15 is 0 Å². The number of benzene rings is 3. The lowest BCUT2D eigenvalue weighted by atomic mass is 10.1. The molecular weight excluding hydrogens is 512 g/mol. The third-order valence-corrected chi connectivity index (χ3v) is 7.27. The van der Waals surface area contributed by atoms with Crippen molar-refractivity contribution in [1.82, 2.24) is 4.57 Å². The number of Topliss-reactive ketones (excluding diaryl/α,β-unsaturated/α-hetero) is 1. The molecule has 1 aromatic heterocycles. The van der Waals surface area contributed by atoms with Gasteiger partial charge in [-0.25, -0.2) is 4.79 Å². The van der Waals surface area contributed by atoms with Crippen LogP contribution in [0.4, 0.5) is 5.69 Å². The molecule has 8 heteroatoms. The number of carbonyl (C=O) groups excluding carboxylic acids is 3. The average molecular weight is 543 g/mol. The van der Waals surface area contributed by atoms with Crippen LogP contribution >= 0.6 is 11.8 Å². The second kappa shape index (κ2) is 12.5. The fraction of sp³-hybridized carbons (Fsp3) is 0.194. The number of carbonyl (C=O) groups is 3. The molecule has 0 aliphatic carbocycles. The first-order chi connectivity index (χ1) is 18.8. The quantitative estimate of drug-likeness (QED) is 0.146. The smallest absolute Gasteiger partial charge is 0.339 e. The molecule has 0 bridgehead atoms. The van der Waals surface area contributed by atoms with Crippen molar-refractivity contribution in [3.63, 3.8) is 0 Å². The maximum Gasteiger partial charge on any atom is 0.339 e. The van der Waals surface area contributed by atoms with E-state index in [1.165, 1.54) is 11.8 Å². The molecule has 0 spiro atoms. The number of ketones is 1. The van der Waals surface area contributed by atoms with Crippen LogP contribution in [0.15, 0.2) is 83.8 Å². The third kappa shape index (κ3) is 6.78. The fourth-order valence-electron chi connectivity index (χ4n) is 4.20. The number of thioether (sulfide) groups is 1. The molecule has 7 nitrogen and oxygen atoms in total. The Hall–Kier alpha value is -4.30. The van der Waals surface area contributed by atoms with Crippen LogP contribution in [-0.4, -0.2) is 41.7 Å². The minimum Gasteiger partial charge on any atom is -0.497 e. The van der Waals surface area contributed by atoms with Gasteiger partial charge in [-0.1, -0.05) is 29.8 Å². The maximum atomic E-state index is 13.0. The number of hydrogen-bond donors (Lipinski definition) is 1. The topological polar surface area (TPSA) is 86.6 Å². The molecule has 200 valence electrons. The summed E-state index contributed by atoms with van der Waals surface area (Å²) < 4.78 is 12.6. The second-order valence-corrected chi connectivity index (χ2v) is 10.0. The van der Waals surface area contributed by atoms with E-state index in [1.54, 1.807) is 37.4 Å². The molecule has 0 aliphatic rings. The fourth-order valence-corrected chi connectivity index (χ4v) is 5.04. The average Bonchev–Trinajstić information content (AvgIpc) is 3.25. The van der Waals surface area contributed by atoms with Crippen LogP contribution in [-0.2, 0) is 9.53 Å². The van der Waals surface area contributed by atoms with E-state index in [9.17, 15) is 14.4 Å². The Morgan fingerprint density at radius 2 is 1.56 bits per heavy atom. The van der Waals surface area contributed by atoms with Crippen molar-refractivity contribution in [2.45, 2.75) is 25.7 Å². The zero-order valence-corrected chi connectivity index (χ0v) is 23.1. The van der Waals surface area contributed by atoms with Crippen LogP contribution < -0.4 is 10.1 Å². The zero-order valence-electron chi connectivity index (χ0n) is 22.3. The van der Waals surface area contributed by atoms with Crippen LogP contribution in [0.2, 0.25) is 0 Å². The van der Waals surface area contributed by atoms with Crippen LogP contribution in [0.3, 0.4) is 0 Å². The molecule has 4 rings (SSSR count). The monoisotopic (exact) mass is 542 g/mol. The summed E-state index contributed by atoms with van der Waals surface area (Å²) in [5.41, 5.74) is 5.16. The number of ether oxygens (including phenoxy) is 2. The lowest BCUT2D eigenvalue weighted by Crippen LogP contribution is -2.16. The first kappa shape index (κ1) is 27.7. The summed E-state index contributed by atoms with van der Waals surface area (Å²) in [4.78, 5) is 38.9. The van der Waals surface area contributed by atoms with Crippen molar-refractivity contribution in [3.05, 3.63) is 107 Å². The number of anilines is 1. The van der Waals surface area contributed by atoms with Crippen molar-refractivity contribution in [3.8, 4) is 11.4 Å². The zero-order chi connectivity index (χ0) is 27.9. The van der Waals surface area contributed by atoms with Gasteiger partial charge in [-0.05, 0) is 75.4 Å². The molecular formula is C31H30N2O5S. The Morgan fingerprint density at radius 1 is 0.872 bits per heavy atom. The van der Waals surface area contributed by atoms with Gasteiger partial charge in [-0.3, -0.25) is 9.59 Å². The largest absolute Gasteiger partial charge is 0.497 e. The Kier molecular flexibility index (Phi) is 8.88. The number of nitrogens with one attached hydrogen (secondary N) is 1. The van der Waals surface area contributed by atoms with E-state index in [1.807, 2.05) is 73.9 Å². The van der Waals surface area contributed by atoms with E-state index in [-0.39, 0.29) is 17.4 Å². The highest BCUT2D eigenvalue weighted by Crippen LogP contribution is 2.25. The molecule has 4 aromatic rings. The third-order valence-electron chi connectivity index (χ3n) is 6.20. The van der Waals surface area contributed by atoms with Crippen molar-refractivity contribution in [2.24, 2.45) is 0 Å². The lowest BCUT2D eigenvalue weighted by Gasteiger charge is -2.11. The van der Waals surface area contributed by atoms with E-state index in [0.717, 1.165) is 28.4 Å². The van der Waals surface area contributed by atoms with Gasteiger partial charge in [0.25, 0.3) is 0 Å². The molecule has 0 saturated carbocycles. The molecule has 3 aromatic carbocycles. The molecule has 0 saturated heterocycles. The van der Waals surface area contributed by atoms with Crippen LogP contribution in [0, 0.1) is 20.8 Å². The normalized spacial score (nSPS) is 10.7. The Labute approximate surface area is 232 Å². The van der Waals surface area contributed by atoms with Gasteiger partial charge in [0, 0.05) is 33.2 Å². The van der Waals surface area contributed by atoms with Crippen LogP contribution in [0.5, 0.6) is 5.75 Å². The first-order valence-electron chi connectivity index (χ1n) is 12.4. The van der Waals surface area contributed by atoms with Crippen molar-refractivity contribution < 1.29 is 23.9 Å². The van der Waals surface area contributed by atoms with Gasteiger partial charge < -0.3 is 19.4 Å². The summed E-state index contributed by atoms with van der Waals surface area (Å²) in [5.74, 6) is -0.230. The van der Waals surface area contributed by atoms with Crippen LogP contribution in [0.25, 0.3) is 5.69 Å². The lowest BCUT2D eigenvalue weighted by molar-refractivity contribution is -0.113. The molecule has 0 atom stereocenters. The van der Waals surface area contributed by atoms with Gasteiger partial charge in [-0.2, -0.15) is 0 Å². The first-order valence-corrected chi connectivity index (χ1v) is 13.4. The maximum absolute atomic E-state index is 13.0. The number of aryl methyl sites for hydroxylation is 2. The summed E-state index contributed by atoms with van der Waals surface area (Å²) in [5, 5.41) is 2.85. The predicted molar refractivity (Wildman–Crippen MR) is 153 cm³/mol. The molecule has 1 heterocycles. The number of esters is 1. The minimum atomic E-state index is -0.616. The predicted octanol–water partition coefficient (Wildman–Crippen LogP) is 6.18. The van der Waals surface area contributed by atoms with Gasteiger partial charge >= 0.3 is 5.97 Å². The molecule has 0 aliphatic heterocycles. The van der Waals surface area contributed by atoms with E-state index in [4.69, 9.17) is 9.47 Å². The molecule has 0 radical (unpaired) electrons. The second-order valence-electron chi connectivity index (χ2n) is 9.02. The van der Waals surface area contributed by atoms with E-state index in [0.29, 0.717) is 21.7 Å². The summed E-state index contributed by atoms with van der Waals surface area (Å²) >= 11 is 1.23. The number of aromatic nitrogens is 1. The summed E-state index contributed by atoms with van der Waals surface area (Å²) in [6, 6.07) is 23.8. The molecule has 0 fully saturated rings. The molecule has 39 heavy (non-hydrogen) atoms. The molecule has 1 N–H and O–H groups in total. The van der Waals surface area contributed by atoms with Crippen LogP contribution in [0.1, 0.15) is 37.7 Å². The summed E-state index contributed by atoms with van der Waals surface area (Å²) in [7, 11) is 1.61. The summed E-state index contributed by atoms with van der Waals surface area (Å²) in [6.07, 6.45) is 0. The molecule has 0 unspecified atom stereocenters. The highest BCUT2D eigenvalue weighted by atomic mass is 32.2. The highest BCUT2D eigenvalue weighted by Gasteiger charge is 2.20. The van der Waals surface area contributed by atoms with Gasteiger partial charge in [0.2, 0.25) is 11.7 Å². The number of nitrogens with zero attached hydrogens (tertiary/aromatic N) is 1. The van der Waals surface area contributed by atoms with Gasteiger partial charge in [-0.15, -0.1) is 11.8 Å². The SMILES string of the molecule is COc1ccc(-n2c(C)cc(C(=O)COC(=O)c3ccccc3SCC(=O)Nc3ccc(C)cc3)c2C)cc1. The number of hydrogen-bond acceptors (Lipinski definition) is 6. The van der Waals surface area contributed by atoms with E-state index < -0.39 is 12.6 Å². The Morgan fingerprint density at radius 3 is 2.26 bits per heavy atom. The summed E-state index contributed by atoms with van der Waals surface area (Å²) in [6.45, 7) is 5.37. The van der Waals surface area contributed by atoms with Gasteiger partial charge in [0.05, 0.1) is 18.4 Å². The molecule has 1 amide bonds. The van der Waals surface area contributed by atoms with Crippen molar-refractivity contribution >= 4 is 35.1 Å². The Bertz CT molecular complexity index is 1490. The van der Waals surface area contributed by atoms with Crippen molar-refractivity contribution in [2.75, 3.05) is 24.8 Å². The van der Waals surface area contributed by atoms with Gasteiger partial charge in [0.15, 0.2) is 6.61 Å². The number of amides is 1. The van der Waals surface area contributed by atoms with E-state index in [2.05, 4.69) is 5.32 Å².